The van der Waals surface area contributed by atoms with Crippen LogP contribution in [0.3, 0.4) is 0 Å². The van der Waals surface area contributed by atoms with Gasteiger partial charge in [-0.3, -0.25) is 9.59 Å². The summed E-state index contributed by atoms with van der Waals surface area (Å²) in [5.41, 5.74) is 5.18. The monoisotopic (exact) mass is 498 g/mol. The van der Waals surface area contributed by atoms with E-state index >= 15 is 0 Å². The number of nitrogens with zero attached hydrogens (tertiary/aromatic N) is 1. The molecule has 1 atom stereocenters. The zero-order chi connectivity index (χ0) is 26.2. The maximum absolute atomic E-state index is 13.8. The van der Waals surface area contributed by atoms with Crippen molar-refractivity contribution in [1.82, 2.24) is 10.2 Å². The number of ether oxygens (including phenoxy) is 1. The Bertz CT molecular complexity index is 1200. The van der Waals surface area contributed by atoms with Crippen molar-refractivity contribution in [2.24, 2.45) is 0 Å². The molecule has 1 saturated carbocycles. The van der Waals surface area contributed by atoms with Crippen LogP contribution < -0.4 is 10.1 Å². The van der Waals surface area contributed by atoms with Crippen molar-refractivity contribution in [1.29, 1.82) is 0 Å². The number of amides is 2. The van der Waals surface area contributed by atoms with Gasteiger partial charge >= 0.3 is 0 Å². The van der Waals surface area contributed by atoms with Crippen LogP contribution in [0.25, 0.3) is 0 Å². The quantitative estimate of drug-likeness (QED) is 0.391. The molecule has 5 heteroatoms. The van der Waals surface area contributed by atoms with Crippen molar-refractivity contribution in [3.63, 3.8) is 0 Å². The van der Waals surface area contributed by atoms with Crippen LogP contribution in [0.4, 0.5) is 0 Å². The van der Waals surface area contributed by atoms with Crippen molar-refractivity contribution in [2.45, 2.75) is 71.5 Å². The van der Waals surface area contributed by atoms with Crippen LogP contribution in [0, 0.1) is 20.8 Å². The largest absolute Gasteiger partial charge is 0.483 e. The van der Waals surface area contributed by atoms with Crippen molar-refractivity contribution in [3.8, 4) is 5.75 Å². The fraction of sp³-hybridized carbons (Fsp3) is 0.375. The summed E-state index contributed by atoms with van der Waals surface area (Å²) in [7, 11) is 0. The number of benzene rings is 3. The van der Waals surface area contributed by atoms with E-state index in [1.807, 2.05) is 87.5 Å². The van der Waals surface area contributed by atoms with Gasteiger partial charge in [-0.15, -0.1) is 0 Å². The first-order chi connectivity index (χ1) is 17.9. The molecule has 0 heterocycles. The average molecular weight is 499 g/mol. The molecule has 0 radical (unpaired) electrons. The Hall–Kier alpha value is -3.60. The van der Waals surface area contributed by atoms with Gasteiger partial charge in [-0.05, 0) is 61.9 Å². The predicted octanol–water partition coefficient (Wildman–Crippen LogP) is 5.69. The van der Waals surface area contributed by atoms with Crippen molar-refractivity contribution >= 4 is 11.8 Å². The second-order valence-corrected chi connectivity index (χ2v) is 10.3. The first-order valence-corrected chi connectivity index (χ1v) is 13.3. The van der Waals surface area contributed by atoms with Gasteiger partial charge in [-0.25, -0.2) is 0 Å². The molecule has 4 rings (SSSR count). The van der Waals surface area contributed by atoms with E-state index in [9.17, 15) is 9.59 Å². The molecule has 0 spiro atoms. The summed E-state index contributed by atoms with van der Waals surface area (Å²) in [4.78, 5) is 29.2. The molecule has 194 valence electrons. The Morgan fingerprint density at radius 2 is 1.59 bits per heavy atom. The first kappa shape index (κ1) is 26.5. The standard InChI is InChI=1S/C32H38N2O3/c1-23-10-9-13-27(18-23)21-34(31(35)22-37-30-19-24(2)16-17-25(30)3)29(20-26-11-5-4-6-12-26)32(36)33-28-14-7-8-15-28/h4-6,9-13,16-19,28-29H,7-8,14-15,20-22H2,1-3H3,(H,33,36). The highest BCUT2D eigenvalue weighted by Crippen LogP contribution is 2.22. The lowest BCUT2D eigenvalue weighted by molar-refractivity contribution is -0.143. The lowest BCUT2D eigenvalue weighted by Gasteiger charge is -2.32. The Kier molecular flexibility index (Phi) is 8.99. The highest BCUT2D eigenvalue weighted by Gasteiger charge is 2.32. The number of carbonyl (C=O) groups excluding carboxylic acids is 2. The first-order valence-electron chi connectivity index (χ1n) is 13.3. The van der Waals surface area contributed by atoms with Gasteiger partial charge in [0.15, 0.2) is 6.61 Å². The molecule has 0 bridgehead atoms. The molecule has 0 aliphatic heterocycles. The molecule has 1 aliphatic rings. The maximum Gasteiger partial charge on any atom is 0.261 e. The van der Waals surface area contributed by atoms with E-state index in [1.165, 1.54) is 0 Å². The number of rotatable bonds is 10. The third kappa shape index (κ3) is 7.45. The summed E-state index contributed by atoms with van der Waals surface area (Å²) in [5, 5.41) is 3.25. The third-order valence-electron chi connectivity index (χ3n) is 7.10. The van der Waals surface area contributed by atoms with Crippen LogP contribution in [0.2, 0.25) is 0 Å². The topological polar surface area (TPSA) is 58.6 Å². The summed E-state index contributed by atoms with van der Waals surface area (Å²) >= 11 is 0. The van der Waals surface area contributed by atoms with Gasteiger partial charge in [-0.1, -0.05) is 85.1 Å². The molecule has 1 aliphatic carbocycles. The van der Waals surface area contributed by atoms with E-state index in [2.05, 4.69) is 11.4 Å². The van der Waals surface area contributed by atoms with Crippen LogP contribution >= 0.6 is 0 Å². The Morgan fingerprint density at radius 1 is 0.892 bits per heavy atom. The number of hydrogen-bond acceptors (Lipinski definition) is 3. The average Bonchev–Trinajstić information content (AvgIpc) is 3.40. The minimum Gasteiger partial charge on any atom is -0.483 e. The van der Waals surface area contributed by atoms with E-state index < -0.39 is 6.04 Å². The molecule has 0 aromatic heterocycles. The molecular formula is C32H38N2O3. The van der Waals surface area contributed by atoms with Crippen LogP contribution in [-0.2, 0) is 22.6 Å². The summed E-state index contributed by atoms with van der Waals surface area (Å²) in [6, 6.07) is 23.5. The molecule has 2 amide bonds. The fourth-order valence-corrected chi connectivity index (χ4v) is 5.01. The van der Waals surface area contributed by atoms with Gasteiger partial charge < -0.3 is 15.0 Å². The van der Waals surface area contributed by atoms with Crippen molar-refractivity contribution in [2.75, 3.05) is 6.61 Å². The second-order valence-electron chi connectivity index (χ2n) is 10.3. The molecule has 3 aromatic carbocycles. The van der Waals surface area contributed by atoms with E-state index in [0.717, 1.165) is 53.5 Å². The van der Waals surface area contributed by atoms with Gasteiger partial charge in [0.05, 0.1) is 0 Å². The van der Waals surface area contributed by atoms with Gasteiger partial charge in [-0.2, -0.15) is 0 Å². The Morgan fingerprint density at radius 3 is 2.32 bits per heavy atom. The maximum atomic E-state index is 13.8. The van der Waals surface area contributed by atoms with E-state index in [4.69, 9.17) is 4.74 Å². The molecule has 1 unspecified atom stereocenters. The van der Waals surface area contributed by atoms with Crippen LogP contribution in [0.5, 0.6) is 5.75 Å². The summed E-state index contributed by atoms with van der Waals surface area (Å²) in [6.45, 7) is 6.22. The second kappa shape index (κ2) is 12.6. The fourth-order valence-electron chi connectivity index (χ4n) is 5.01. The highest BCUT2D eigenvalue weighted by molar-refractivity contribution is 5.88. The zero-order valence-corrected chi connectivity index (χ0v) is 22.2. The molecule has 0 saturated heterocycles. The minimum absolute atomic E-state index is 0.0940. The lowest BCUT2D eigenvalue weighted by atomic mass is 10.0. The molecule has 5 nitrogen and oxygen atoms in total. The molecule has 37 heavy (non-hydrogen) atoms. The van der Waals surface area contributed by atoms with Crippen molar-refractivity contribution < 1.29 is 14.3 Å². The lowest BCUT2D eigenvalue weighted by Crippen LogP contribution is -2.53. The van der Waals surface area contributed by atoms with Crippen LogP contribution in [0.1, 0.15) is 53.5 Å². The molecule has 3 aromatic rings. The smallest absolute Gasteiger partial charge is 0.261 e. The number of hydrogen-bond donors (Lipinski definition) is 1. The Labute approximate surface area is 220 Å². The van der Waals surface area contributed by atoms with Crippen LogP contribution in [-0.4, -0.2) is 35.4 Å². The minimum atomic E-state index is -0.641. The highest BCUT2D eigenvalue weighted by atomic mass is 16.5. The number of carbonyl (C=O) groups is 2. The van der Waals surface area contributed by atoms with Gasteiger partial charge in [0, 0.05) is 19.0 Å². The normalized spacial score (nSPS) is 14.2. The van der Waals surface area contributed by atoms with Crippen LogP contribution in [0.15, 0.2) is 72.8 Å². The Balaban J connectivity index is 1.62. The molecule has 1 N–H and O–H groups in total. The van der Waals surface area contributed by atoms with E-state index in [-0.39, 0.29) is 24.5 Å². The zero-order valence-electron chi connectivity index (χ0n) is 22.2. The summed E-state index contributed by atoms with van der Waals surface area (Å²) in [5.74, 6) is 0.396. The predicted molar refractivity (Wildman–Crippen MR) is 147 cm³/mol. The number of nitrogens with one attached hydrogen (secondary N) is 1. The van der Waals surface area contributed by atoms with E-state index in [1.54, 1.807) is 4.90 Å². The molecule has 1 fully saturated rings. The van der Waals surface area contributed by atoms with Gasteiger partial charge in [0.2, 0.25) is 5.91 Å². The molecular weight excluding hydrogens is 460 g/mol. The third-order valence-corrected chi connectivity index (χ3v) is 7.10. The van der Waals surface area contributed by atoms with Gasteiger partial charge in [0.25, 0.3) is 5.91 Å². The van der Waals surface area contributed by atoms with Gasteiger partial charge in [0.1, 0.15) is 11.8 Å². The van der Waals surface area contributed by atoms with Crippen molar-refractivity contribution in [3.05, 3.63) is 101 Å². The SMILES string of the molecule is Cc1cccc(CN(C(=O)COc2cc(C)ccc2C)C(Cc2ccccc2)C(=O)NC2CCCC2)c1. The number of aryl methyl sites for hydroxylation is 3. The summed E-state index contributed by atoms with van der Waals surface area (Å²) < 4.78 is 6.01. The summed E-state index contributed by atoms with van der Waals surface area (Å²) in [6.07, 6.45) is 4.69. The van der Waals surface area contributed by atoms with E-state index in [0.29, 0.717) is 18.7 Å².